The van der Waals surface area contributed by atoms with Gasteiger partial charge in [0, 0.05) is 17.9 Å². The number of nitrogens with zero attached hydrogens (tertiary/aromatic N) is 3. The van der Waals surface area contributed by atoms with Gasteiger partial charge in [0.05, 0.1) is 14.2 Å². The van der Waals surface area contributed by atoms with Crippen LogP contribution in [0.3, 0.4) is 0 Å². The third-order valence-electron chi connectivity index (χ3n) is 4.52. The van der Waals surface area contributed by atoms with Gasteiger partial charge in [0.1, 0.15) is 22.9 Å². The predicted octanol–water partition coefficient (Wildman–Crippen LogP) is 4.94. The molecule has 0 bridgehead atoms. The van der Waals surface area contributed by atoms with Crippen LogP contribution in [0, 0.1) is 0 Å². The summed E-state index contributed by atoms with van der Waals surface area (Å²) in [7, 11) is 3.16. The first-order chi connectivity index (χ1) is 13.7. The van der Waals surface area contributed by atoms with Crippen molar-refractivity contribution in [2.45, 2.75) is 43.0 Å². The first-order valence-electron chi connectivity index (χ1n) is 9.22. The van der Waals surface area contributed by atoms with Crippen molar-refractivity contribution in [2.75, 3.05) is 14.2 Å². The van der Waals surface area contributed by atoms with E-state index in [-0.39, 0.29) is 11.2 Å². The molecule has 29 heavy (non-hydrogen) atoms. The van der Waals surface area contributed by atoms with Crippen molar-refractivity contribution in [1.82, 2.24) is 15.0 Å². The summed E-state index contributed by atoms with van der Waals surface area (Å²) < 4.78 is 12.3. The van der Waals surface area contributed by atoms with E-state index >= 15 is 0 Å². The van der Waals surface area contributed by atoms with Crippen LogP contribution < -0.4 is 9.47 Å². The molecule has 0 fully saturated rings. The second-order valence-corrected chi connectivity index (χ2v) is 8.69. The molecule has 0 aliphatic heterocycles. The van der Waals surface area contributed by atoms with E-state index in [4.69, 9.17) is 9.47 Å². The standard InChI is InChI=1S/C22H25N3O3S/c1-14(26)20-21(29-17-10-7-15(8-11-17)22(2,3)4)23-24-25(20)18-13-16(27-5)9-12-19(18)28-6/h7-13H,1-6H3. The zero-order valence-electron chi connectivity index (χ0n) is 17.5. The van der Waals surface area contributed by atoms with E-state index in [2.05, 4.69) is 43.2 Å². The molecule has 1 heterocycles. The Morgan fingerprint density at radius 1 is 1.03 bits per heavy atom. The number of methoxy groups -OCH3 is 2. The zero-order valence-corrected chi connectivity index (χ0v) is 18.3. The van der Waals surface area contributed by atoms with Crippen molar-refractivity contribution >= 4 is 17.5 Å². The molecule has 1 aromatic heterocycles. The maximum atomic E-state index is 12.5. The van der Waals surface area contributed by atoms with Crippen molar-refractivity contribution in [3.8, 4) is 17.2 Å². The number of Topliss-reactive ketones (excluding diaryl/α,β-unsaturated/α-hetero) is 1. The molecule has 0 saturated carbocycles. The van der Waals surface area contributed by atoms with Crippen LogP contribution in [0.5, 0.6) is 11.5 Å². The molecule has 6 nitrogen and oxygen atoms in total. The molecule has 3 aromatic rings. The van der Waals surface area contributed by atoms with Gasteiger partial charge in [-0.3, -0.25) is 4.79 Å². The van der Waals surface area contributed by atoms with Crippen molar-refractivity contribution in [2.24, 2.45) is 0 Å². The summed E-state index contributed by atoms with van der Waals surface area (Å²) in [6.07, 6.45) is 0. The monoisotopic (exact) mass is 411 g/mol. The number of aromatic nitrogens is 3. The molecular formula is C22H25N3O3S. The van der Waals surface area contributed by atoms with Gasteiger partial charge in [-0.1, -0.05) is 49.9 Å². The Kier molecular flexibility index (Phi) is 5.98. The smallest absolute Gasteiger partial charge is 0.181 e. The lowest BCUT2D eigenvalue weighted by atomic mass is 9.87. The number of carbonyl (C=O) groups excluding carboxylic acids is 1. The molecule has 0 atom stereocenters. The lowest BCUT2D eigenvalue weighted by Crippen LogP contribution is -2.10. The molecular weight excluding hydrogens is 386 g/mol. The SMILES string of the molecule is COc1ccc(OC)c(-n2nnc(Sc3ccc(C(C)(C)C)cc3)c2C(C)=O)c1. The summed E-state index contributed by atoms with van der Waals surface area (Å²) in [5.41, 5.74) is 2.33. The number of hydrogen-bond donors (Lipinski definition) is 0. The van der Waals surface area contributed by atoms with Crippen molar-refractivity contribution in [1.29, 1.82) is 0 Å². The maximum Gasteiger partial charge on any atom is 0.181 e. The van der Waals surface area contributed by atoms with E-state index in [1.807, 2.05) is 12.1 Å². The predicted molar refractivity (Wildman–Crippen MR) is 114 cm³/mol. The molecule has 0 amide bonds. The Morgan fingerprint density at radius 3 is 2.28 bits per heavy atom. The Labute approximate surface area is 175 Å². The number of ketones is 1. The lowest BCUT2D eigenvalue weighted by Gasteiger charge is -2.18. The second kappa shape index (κ2) is 8.29. The van der Waals surface area contributed by atoms with Crippen molar-refractivity contribution in [3.63, 3.8) is 0 Å². The number of rotatable bonds is 6. The van der Waals surface area contributed by atoms with Crippen LogP contribution in [-0.2, 0) is 5.41 Å². The maximum absolute atomic E-state index is 12.5. The number of hydrogen-bond acceptors (Lipinski definition) is 6. The summed E-state index contributed by atoms with van der Waals surface area (Å²) in [5.74, 6) is 1.08. The van der Waals surface area contributed by atoms with E-state index in [1.54, 1.807) is 32.4 Å². The first-order valence-corrected chi connectivity index (χ1v) is 10.0. The van der Waals surface area contributed by atoms with Crippen LogP contribution in [0.15, 0.2) is 52.4 Å². The van der Waals surface area contributed by atoms with E-state index < -0.39 is 0 Å². The first kappa shape index (κ1) is 20.9. The fourth-order valence-electron chi connectivity index (χ4n) is 2.90. The Hall–Kier alpha value is -2.80. The molecule has 0 N–H and O–H groups in total. The number of ether oxygens (including phenoxy) is 2. The number of benzene rings is 2. The Bertz CT molecular complexity index is 1020. The molecule has 2 aromatic carbocycles. The van der Waals surface area contributed by atoms with Crippen LogP contribution >= 0.6 is 11.8 Å². The molecule has 0 spiro atoms. The van der Waals surface area contributed by atoms with Crippen molar-refractivity contribution < 1.29 is 14.3 Å². The van der Waals surface area contributed by atoms with Gasteiger partial charge in [-0.15, -0.1) is 5.10 Å². The largest absolute Gasteiger partial charge is 0.497 e. The zero-order chi connectivity index (χ0) is 21.2. The third-order valence-corrected chi connectivity index (χ3v) is 5.50. The fraction of sp³-hybridized carbons (Fsp3) is 0.318. The highest BCUT2D eigenvalue weighted by atomic mass is 32.2. The summed E-state index contributed by atoms with van der Waals surface area (Å²) in [6, 6.07) is 13.6. The topological polar surface area (TPSA) is 66.2 Å². The molecule has 0 aliphatic carbocycles. The minimum Gasteiger partial charge on any atom is -0.497 e. The van der Waals surface area contributed by atoms with Gasteiger partial charge in [0.2, 0.25) is 0 Å². The molecule has 0 unspecified atom stereocenters. The molecule has 3 rings (SSSR count). The average molecular weight is 412 g/mol. The fourth-order valence-corrected chi connectivity index (χ4v) is 3.80. The summed E-state index contributed by atoms with van der Waals surface area (Å²) in [5, 5.41) is 9.05. The van der Waals surface area contributed by atoms with Gasteiger partial charge >= 0.3 is 0 Å². The quantitative estimate of drug-likeness (QED) is 0.536. The van der Waals surface area contributed by atoms with E-state index in [0.717, 1.165) is 4.90 Å². The molecule has 0 saturated heterocycles. The summed E-state index contributed by atoms with van der Waals surface area (Å²) in [4.78, 5) is 13.5. The van der Waals surface area contributed by atoms with Gasteiger partial charge in [0.15, 0.2) is 10.8 Å². The third kappa shape index (κ3) is 4.45. The van der Waals surface area contributed by atoms with Crippen LogP contribution in [0.2, 0.25) is 0 Å². The summed E-state index contributed by atoms with van der Waals surface area (Å²) >= 11 is 1.41. The van der Waals surface area contributed by atoms with Gasteiger partial charge in [-0.2, -0.15) is 0 Å². The number of carbonyl (C=O) groups is 1. The van der Waals surface area contributed by atoms with Crippen molar-refractivity contribution in [3.05, 3.63) is 53.7 Å². The highest BCUT2D eigenvalue weighted by Crippen LogP contribution is 2.34. The van der Waals surface area contributed by atoms with Crippen LogP contribution in [0.1, 0.15) is 43.7 Å². The Morgan fingerprint density at radius 2 is 1.72 bits per heavy atom. The van der Waals surface area contributed by atoms with E-state index in [0.29, 0.717) is 27.9 Å². The Balaban J connectivity index is 2.01. The highest BCUT2D eigenvalue weighted by molar-refractivity contribution is 7.99. The van der Waals surface area contributed by atoms with Crippen LogP contribution in [0.4, 0.5) is 0 Å². The van der Waals surface area contributed by atoms with E-state index in [1.165, 1.54) is 28.9 Å². The second-order valence-electron chi connectivity index (χ2n) is 7.63. The lowest BCUT2D eigenvalue weighted by molar-refractivity contribution is 0.100. The van der Waals surface area contributed by atoms with Crippen LogP contribution in [0.25, 0.3) is 5.69 Å². The molecule has 0 aliphatic rings. The molecule has 7 heteroatoms. The van der Waals surface area contributed by atoms with Crippen LogP contribution in [-0.4, -0.2) is 35.0 Å². The summed E-state index contributed by atoms with van der Waals surface area (Å²) in [6.45, 7) is 8.04. The molecule has 152 valence electrons. The molecule has 0 radical (unpaired) electrons. The average Bonchev–Trinajstić information content (AvgIpc) is 3.10. The highest BCUT2D eigenvalue weighted by Gasteiger charge is 2.22. The minimum atomic E-state index is -0.131. The van der Waals surface area contributed by atoms with E-state index in [9.17, 15) is 4.79 Å². The van der Waals surface area contributed by atoms with Gasteiger partial charge < -0.3 is 9.47 Å². The van der Waals surface area contributed by atoms with Gasteiger partial charge in [0.25, 0.3) is 0 Å². The van der Waals surface area contributed by atoms with Gasteiger partial charge in [-0.25, -0.2) is 4.68 Å². The van der Waals surface area contributed by atoms with Gasteiger partial charge in [-0.05, 0) is 35.2 Å². The minimum absolute atomic E-state index is 0.0831. The normalized spacial score (nSPS) is 11.4.